The zero-order chi connectivity index (χ0) is 18.0. The lowest BCUT2D eigenvalue weighted by Gasteiger charge is -2.28. The van der Waals surface area contributed by atoms with Crippen LogP contribution in [-0.2, 0) is 17.7 Å². The zero-order valence-electron chi connectivity index (χ0n) is 15.0. The summed E-state index contributed by atoms with van der Waals surface area (Å²) in [7, 11) is 0. The fraction of sp³-hybridized carbons (Fsp3) is 0.400. The maximum absolute atomic E-state index is 12.9. The van der Waals surface area contributed by atoms with Crippen LogP contribution in [0.3, 0.4) is 0 Å². The van der Waals surface area contributed by atoms with Gasteiger partial charge >= 0.3 is 5.97 Å². The monoisotopic (exact) mass is 340 g/mol. The first-order valence-electron chi connectivity index (χ1n) is 8.69. The first-order valence-corrected chi connectivity index (χ1v) is 8.69. The summed E-state index contributed by atoms with van der Waals surface area (Å²) in [5, 5.41) is 0. The molecule has 2 aromatic rings. The fourth-order valence-electron chi connectivity index (χ4n) is 3.56. The Balaban J connectivity index is 1.79. The molecule has 132 valence electrons. The van der Waals surface area contributed by atoms with Crippen molar-refractivity contribution in [3.05, 3.63) is 57.9 Å². The van der Waals surface area contributed by atoms with E-state index < -0.39 is 5.97 Å². The third-order valence-corrected chi connectivity index (χ3v) is 4.71. The zero-order valence-corrected chi connectivity index (χ0v) is 15.0. The Bertz CT molecular complexity index is 807. The molecule has 0 saturated carbocycles. The number of H-pyrrole nitrogens is 1. The van der Waals surface area contributed by atoms with Crippen LogP contribution in [0.2, 0.25) is 0 Å². The molecule has 25 heavy (non-hydrogen) atoms. The van der Waals surface area contributed by atoms with Gasteiger partial charge in [-0.15, -0.1) is 0 Å². The highest BCUT2D eigenvalue weighted by Gasteiger charge is 2.27. The molecule has 0 spiro atoms. The number of aryl methyl sites for hydroxylation is 2. The van der Waals surface area contributed by atoms with E-state index in [4.69, 9.17) is 4.74 Å². The van der Waals surface area contributed by atoms with E-state index in [0.717, 1.165) is 25.2 Å². The molecule has 0 radical (unpaired) electrons. The van der Waals surface area contributed by atoms with Crippen LogP contribution in [0.1, 0.15) is 50.2 Å². The summed E-state index contributed by atoms with van der Waals surface area (Å²) in [4.78, 5) is 30.4. The molecule has 0 unspecified atom stereocenters. The molecule has 1 aromatic heterocycles. The lowest BCUT2D eigenvalue weighted by atomic mass is 9.98. The molecule has 5 heteroatoms. The van der Waals surface area contributed by atoms with E-state index >= 15 is 0 Å². The number of ketones is 1. The highest BCUT2D eigenvalue weighted by molar-refractivity contribution is 6.09. The number of esters is 1. The third-order valence-electron chi connectivity index (χ3n) is 4.71. The normalized spacial score (nSPS) is 14.2. The molecule has 0 fully saturated rings. The minimum absolute atomic E-state index is 0.0377. The van der Waals surface area contributed by atoms with Crippen molar-refractivity contribution < 1.29 is 14.3 Å². The highest BCUT2D eigenvalue weighted by Crippen LogP contribution is 2.23. The van der Waals surface area contributed by atoms with Crippen molar-refractivity contribution in [3.8, 4) is 0 Å². The molecule has 1 aliphatic heterocycles. The molecule has 3 rings (SSSR count). The fourth-order valence-corrected chi connectivity index (χ4v) is 3.56. The smallest absolute Gasteiger partial charge is 0.340 e. The van der Waals surface area contributed by atoms with Crippen LogP contribution >= 0.6 is 0 Å². The number of Topliss-reactive ketones (excluding diaryl/α,β-unsaturated/α-hetero) is 1. The Morgan fingerprint density at radius 1 is 1.12 bits per heavy atom. The molecule has 0 amide bonds. The number of rotatable bonds is 5. The molecule has 1 aliphatic rings. The van der Waals surface area contributed by atoms with E-state index in [-0.39, 0.29) is 5.78 Å². The number of hydrogen-bond acceptors (Lipinski definition) is 4. The predicted molar refractivity (Wildman–Crippen MR) is 96.0 cm³/mol. The van der Waals surface area contributed by atoms with Crippen molar-refractivity contribution in [1.29, 1.82) is 0 Å². The molecule has 5 nitrogen and oxygen atoms in total. The van der Waals surface area contributed by atoms with E-state index in [9.17, 15) is 9.59 Å². The van der Waals surface area contributed by atoms with Gasteiger partial charge in [-0.1, -0.05) is 24.3 Å². The van der Waals surface area contributed by atoms with E-state index in [1.165, 1.54) is 11.1 Å². The average Bonchev–Trinajstić information content (AvgIpc) is 2.89. The minimum atomic E-state index is -0.434. The summed E-state index contributed by atoms with van der Waals surface area (Å²) in [6.07, 6.45) is 0.944. The predicted octanol–water partition coefficient (Wildman–Crippen LogP) is 3.05. The van der Waals surface area contributed by atoms with Gasteiger partial charge in [0.05, 0.1) is 24.3 Å². The second-order valence-corrected chi connectivity index (χ2v) is 6.50. The Hall–Kier alpha value is -2.40. The minimum Gasteiger partial charge on any atom is -0.462 e. The number of fused-ring (bicyclic) bond motifs is 1. The highest BCUT2D eigenvalue weighted by atomic mass is 16.5. The van der Waals surface area contributed by atoms with Crippen LogP contribution in [0.4, 0.5) is 0 Å². The topological polar surface area (TPSA) is 62.4 Å². The van der Waals surface area contributed by atoms with Crippen LogP contribution in [0.25, 0.3) is 0 Å². The van der Waals surface area contributed by atoms with Crippen LogP contribution in [-0.4, -0.2) is 41.3 Å². The van der Waals surface area contributed by atoms with E-state index in [1.807, 2.05) is 13.0 Å². The molecule has 1 aromatic carbocycles. The van der Waals surface area contributed by atoms with Gasteiger partial charge in [0.2, 0.25) is 0 Å². The van der Waals surface area contributed by atoms with E-state index in [0.29, 0.717) is 30.0 Å². The first kappa shape index (κ1) is 17.4. The Labute approximate surface area is 148 Å². The number of benzene rings is 1. The van der Waals surface area contributed by atoms with E-state index in [2.05, 4.69) is 28.1 Å². The van der Waals surface area contributed by atoms with Gasteiger partial charge in [0, 0.05) is 24.5 Å². The quantitative estimate of drug-likeness (QED) is 0.671. The Kier molecular flexibility index (Phi) is 5.04. The second kappa shape index (κ2) is 7.23. The summed E-state index contributed by atoms with van der Waals surface area (Å²) in [5.41, 5.74) is 4.88. The summed E-state index contributed by atoms with van der Waals surface area (Å²) >= 11 is 0. The maximum atomic E-state index is 12.9. The Morgan fingerprint density at radius 2 is 1.80 bits per heavy atom. The second-order valence-electron chi connectivity index (χ2n) is 6.50. The van der Waals surface area contributed by atoms with Crippen molar-refractivity contribution in [1.82, 2.24) is 9.88 Å². The average molecular weight is 340 g/mol. The molecular weight excluding hydrogens is 316 g/mol. The standard InChI is InChI=1S/C20H24N2O3/c1-4-25-20(24)19-14(3)21-13(2)18(19)17(23)12-22-10-9-15-7-5-6-8-16(15)11-22/h5-8,21H,4,9-12H2,1-3H3. The lowest BCUT2D eigenvalue weighted by molar-refractivity contribution is 0.0522. The number of carbonyl (C=O) groups excluding carboxylic acids is 2. The summed E-state index contributed by atoms with van der Waals surface area (Å²) in [6, 6.07) is 8.34. The van der Waals surface area contributed by atoms with Gasteiger partial charge < -0.3 is 9.72 Å². The van der Waals surface area contributed by atoms with Crippen molar-refractivity contribution in [2.45, 2.75) is 33.7 Å². The molecule has 0 saturated heterocycles. The Morgan fingerprint density at radius 3 is 2.52 bits per heavy atom. The van der Waals surface area contributed by atoms with Crippen LogP contribution < -0.4 is 0 Å². The van der Waals surface area contributed by atoms with Crippen LogP contribution in [0.15, 0.2) is 24.3 Å². The van der Waals surface area contributed by atoms with Gasteiger partial charge in [-0.3, -0.25) is 9.69 Å². The van der Waals surface area contributed by atoms with E-state index in [1.54, 1.807) is 13.8 Å². The summed E-state index contributed by atoms with van der Waals surface area (Å²) < 4.78 is 5.12. The van der Waals surface area contributed by atoms with Gasteiger partial charge in [-0.25, -0.2) is 4.79 Å². The van der Waals surface area contributed by atoms with Crippen molar-refractivity contribution in [2.24, 2.45) is 0 Å². The van der Waals surface area contributed by atoms with Gasteiger partial charge in [0.25, 0.3) is 0 Å². The maximum Gasteiger partial charge on any atom is 0.340 e. The number of aromatic amines is 1. The SMILES string of the molecule is CCOC(=O)c1c(C)[nH]c(C)c1C(=O)CN1CCc2ccccc2C1. The molecular formula is C20H24N2O3. The van der Waals surface area contributed by atoms with Crippen molar-refractivity contribution in [2.75, 3.05) is 19.7 Å². The van der Waals surface area contributed by atoms with Gasteiger partial charge in [0.1, 0.15) is 0 Å². The number of nitrogens with zero attached hydrogens (tertiary/aromatic N) is 1. The van der Waals surface area contributed by atoms with Crippen molar-refractivity contribution in [3.63, 3.8) is 0 Å². The summed E-state index contributed by atoms with van der Waals surface area (Å²) in [6.45, 7) is 7.60. The molecule has 2 heterocycles. The third kappa shape index (κ3) is 3.51. The number of ether oxygens (including phenoxy) is 1. The number of carbonyl (C=O) groups is 2. The summed E-state index contributed by atoms with van der Waals surface area (Å²) in [5.74, 6) is -0.471. The molecule has 0 aliphatic carbocycles. The molecule has 0 bridgehead atoms. The largest absolute Gasteiger partial charge is 0.462 e. The van der Waals surface area contributed by atoms with Gasteiger partial charge in [-0.2, -0.15) is 0 Å². The number of aromatic nitrogens is 1. The number of nitrogens with one attached hydrogen (secondary N) is 1. The lowest BCUT2D eigenvalue weighted by Crippen LogP contribution is -2.35. The van der Waals surface area contributed by atoms with Gasteiger partial charge in [0.15, 0.2) is 5.78 Å². The number of hydrogen-bond donors (Lipinski definition) is 1. The van der Waals surface area contributed by atoms with Gasteiger partial charge in [-0.05, 0) is 38.3 Å². The first-order chi connectivity index (χ1) is 12.0. The van der Waals surface area contributed by atoms with Crippen LogP contribution in [0, 0.1) is 13.8 Å². The molecule has 0 atom stereocenters. The van der Waals surface area contributed by atoms with Crippen molar-refractivity contribution >= 4 is 11.8 Å². The molecule has 1 N–H and O–H groups in total. The van der Waals surface area contributed by atoms with Crippen LogP contribution in [0.5, 0.6) is 0 Å².